The minimum Gasteiger partial charge on any atom is -0.493 e. The lowest BCUT2D eigenvalue weighted by atomic mass is 10.1. The molecule has 0 unspecified atom stereocenters. The van der Waals surface area contributed by atoms with Gasteiger partial charge in [-0.25, -0.2) is 8.42 Å². The molecule has 3 rings (SSSR count). The molecule has 3 aromatic carbocycles. The molecule has 2 N–H and O–H groups in total. The summed E-state index contributed by atoms with van der Waals surface area (Å²) < 4.78 is 40.0. The summed E-state index contributed by atoms with van der Waals surface area (Å²) in [5, 5.41) is 2.80. The number of ether oxygens (including phenoxy) is 2. The van der Waals surface area contributed by atoms with E-state index in [1.165, 1.54) is 14.2 Å². The second kappa shape index (κ2) is 10.7. The maximum absolute atomic E-state index is 13.4. The molecular weight excluding hydrogens is 452 g/mol. The van der Waals surface area contributed by atoms with Crippen LogP contribution in [0, 0.1) is 20.8 Å². The van der Waals surface area contributed by atoms with Gasteiger partial charge in [0.15, 0.2) is 11.5 Å². The Morgan fingerprint density at radius 3 is 2.09 bits per heavy atom. The molecule has 1 amide bonds. The van der Waals surface area contributed by atoms with Gasteiger partial charge >= 0.3 is 0 Å². The highest BCUT2D eigenvalue weighted by atomic mass is 32.2. The lowest BCUT2D eigenvalue weighted by molar-refractivity contribution is -0.117. The first-order chi connectivity index (χ1) is 16.1. The molecule has 7 nitrogen and oxygen atoms in total. The van der Waals surface area contributed by atoms with Crippen LogP contribution in [0.1, 0.15) is 22.3 Å². The monoisotopic (exact) mass is 482 g/mol. The molecule has 0 bridgehead atoms. The van der Waals surface area contributed by atoms with Crippen LogP contribution in [0.4, 0.5) is 5.69 Å². The summed E-state index contributed by atoms with van der Waals surface area (Å²) in [4.78, 5) is 13.5. The first kappa shape index (κ1) is 25.3. The predicted molar refractivity (Wildman–Crippen MR) is 133 cm³/mol. The van der Waals surface area contributed by atoms with Gasteiger partial charge < -0.3 is 14.8 Å². The van der Waals surface area contributed by atoms with Crippen molar-refractivity contribution in [3.05, 3.63) is 82.9 Å². The molecule has 0 aliphatic carbocycles. The van der Waals surface area contributed by atoms with E-state index in [0.29, 0.717) is 28.3 Å². The third kappa shape index (κ3) is 5.95. The fourth-order valence-electron chi connectivity index (χ4n) is 4.02. The molecule has 3 aromatic rings. The maximum atomic E-state index is 13.4. The molecule has 0 aliphatic heterocycles. The Bertz CT molecular complexity index is 1250. The zero-order valence-electron chi connectivity index (χ0n) is 20.0. The number of amides is 1. The van der Waals surface area contributed by atoms with Gasteiger partial charge in [0.1, 0.15) is 6.04 Å². The largest absolute Gasteiger partial charge is 0.493 e. The van der Waals surface area contributed by atoms with Crippen molar-refractivity contribution >= 4 is 21.6 Å². The summed E-state index contributed by atoms with van der Waals surface area (Å²) in [6.07, 6.45) is 0.184. The zero-order chi connectivity index (χ0) is 24.9. The van der Waals surface area contributed by atoms with Crippen molar-refractivity contribution in [2.24, 2.45) is 0 Å². The molecule has 0 heterocycles. The molecule has 180 valence electrons. The summed E-state index contributed by atoms with van der Waals surface area (Å²) in [5.41, 5.74) is 3.52. The molecule has 0 spiro atoms. The summed E-state index contributed by atoms with van der Waals surface area (Å²) in [6, 6.07) is 16.8. The normalized spacial score (nSPS) is 12.1. The van der Waals surface area contributed by atoms with E-state index < -0.39 is 22.0 Å². The van der Waals surface area contributed by atoms with Crippen LogP contribution < -0.4 is 19.5 Å². The van der Waals surface area contributed by atoms with Crippen molar-refractivity contribution in [3.8, 4) is 11.5 Å². The van der Waals surface area contributed by atoms with Crippen molar-refractivity contribution < 1.29 is 22.7 Å². The topological polar surface area (TPSA) is 93.7 Å². The van der Waals surface area contributed by atoms with Gasteiger partial charge in [-0.3, -0.25) is 4.79 Å². The SMILES string of the molecule is COc1ccc(NC(=O)[C@@H](Cc2ccccc2)NS(=O)(=O)c2c(C)cc(C)cc2C)cc1OC. The van der Waals surface area contributed by atoms with Crippen LogP contribution in [0.15, 0.2) is 65.6 Å². The van der Waals surface area contributed by atoms with Crippen LogP contribution in [-0.4, -0.2) is 34.6 Å². The number of methoxy groups -OCH3 is 2. The first-order valence-corrected chi connectivity index (χ1v) is 12.3. The van der Waals surface area contributed by atoms with Gasteiger partial charge in [0.25, 0.3) is 0 Å². The number of carbonyl (C=O) groups excluding carboxylic acids is 1. The van der Waals surface area contributed by atoms with Gasteiger partial charge in [0.2, 0.25) is 15.9 Å². The van der Waals surface area contributed by atoms with E-state index in [-0.39, 0.29) is 11.3 Å². The van der Waals surface area contributed by atoms with Gasteiger partial charge in [0.05, 0.1) is 19.1 Å². The standard InChI is InChI=1S/C26H30N2O5S/c1-17-13-18(2)25(19(3)14-17)34(30,31)28-22(15-20-9-7-6-8-10-20)26(29)27-21-11-12-23(32-4)24(16-21)33-5/h6-14,16,22,28H,15H2,1-5H3,(H,27,29)/t22-/m1/s1. The third-order valence-corrected chi connectivity index (χ3v) is 7.20. The van der Waals surface area contributed by atoms with Crippen LogP contribution in [0.3, 0.4) is 0 Å². The summed E-state index contributed by atoms with van der Waals surface area (Å²) in [5.74, 6) is 0.487. The number of nitrogens with one attached hydrogen (secondary N) is 2. The molecule has 8 heteroatoms. The third-order valence-electron chi connectivity index (χ3n) is 5.42. The minimum absolute atomic E-state index is 0.184. The second-order valence-corrected chi connectivity index (χ2v) is 9.80. The van der Waals surface area contributed by atoms with E-state index in [2.05, 4.69) is 10.0 Å². The van der Waals surface area contributed by atoms with Gasteiger partial charge in [-0.2, -0.15) is 4.72 Å². The van der Waals surface area contributed by atoms with Crippen LogP contribution in [-0.2, 0) is 21.2 Å². The van der Waals surface area contributed by atoms with Crippen LogP contribution in [0.5, 0.6) is 11.5 Å². The molecule has 0 saturated carbocycles. The van der Waals surface area contributed by atoms with E-state index in [1.54, 1.807) is 32.0 Å². The van der Waals surface area contributed by atoms with Crippen LogP contribution in [0.2, 0.25) is 0 Å². The zero-order valence-corrected chi connectivity index (χ0v) is 20.8. The van der Waals surface area contributed by atoms with E-state index in [0.717, 1.165) is 11.1 Å². The van der Waals surface area contributed by atoms with E-state index >= 15 is 0 Å². The Labute approximate surface area is 201 Å². The summed E-state index contributed by atoms with van der Waals surface area (Å²) >= 11 is 0. The quantitative estimate of drug-likeness (QED) is 0.478. The highest BCUT2D eigenvalue weighted by Gasteiger charge is 2.28. The van der Waals surface area contributed by atoms with Crippen molar-refractivity contribution in [3.63, 3.8) is 0 Å². The number of anilines is 1. The number of sulfonamides is 1. The Kier molecular flexibility index (Phi) is 7.96. The molecule has 0 aromatic heterocycles. The minimum atomic E-state index is -3.97. The Morgan fingerprint density at radius 2 is 1.50 bits per heavy atom. The second-order valence-electron chi connectivity index (χ2n) is 8.15. The molecule has 0 fully saturated rings. The van der Waals surface area contributed by atoms with Gasteiger partial charge in [-0.1, -0.05) is 48.0 Å². The lowest BCUT2D eigenvalue weighted by Crippen LogP contribution is -2.45. The Hall–Kier alpha value is -3.36. The fraction of sp³-hybridized carbons (Fsp3) is 0.269. The van der Waals surface area contributed by atoms with Crippen molar-refractivity contribution in [2.45, 2.75) is 38.1 Å². The summed E-state index contributed by atoms with van der Waals surface area (Å²) in [7, 11) is -0.948. The van der Waals surface area contributed by atoms with Gasteiger partial charge in [-0.05, 0) is 56.0 Å². The van der Waals surface area contributed by atoms with Crippen LogP contribution >= 0.6 is 0 Å². The molecule has 1 atom stereocenters. The molecule has 34 heavy (non-hydrogen) atoms. The van der Waals surface area contributed by atoms with Crippen LogP contribution in [0.25, 0.3) is 0 Å². The van der Waals surface area contributed by atoms with Gasteiger partial charge in [0, 0.05) is 11.8 Å². The number of carbonyl (C=O) groups is 1. The number of hydrogen-bond donors (Lipinski definition) is 2. The fourth-order valence-corrected chi connectivity index (χ4v) is 5.67. The Morgan fingerprint density at radius 1 is 0.882 bits per heavy atom. The van der Waals surface area contributed by atoms with E-state index in [9.17, 15) is 13.2 Å². The molecular formula is C26H30N2O5S. The molecule has 0 saturated heterocycles. The average Bonchev–Trinajstić information content (AvgIpc) is 2.78. The Balaban J connectivity index is 1.93. The number of aryl methyl sites for hydroxylation is 3. The van der Waals surface area contributed by atoms with Crippen molar-refractivity contribution in [1.29, 1.82) is 0 Å². The predicted octanol–water partition coefficient (Wildman–Crippen LogP) is 4.16. The van der Waals surface area contributed by atoms with E-state index in [4.69, 9.17) is 9.47 Å². The summed E-state index contributed by atoms with van der Waals surface area (Å²) in [6.45, 7) is 5.42. The number of rotatable bonds is 9. The highest BCUT2D eigenvalue weighted by Crippen LogP contribution is 2.30. The van der Waals surface area contributed by atoms with Gasteiger partial charge in [-0.15, -0.1) is 0 Å². The van der Waals surface area contributed by atoms with E-state index in [1.807, 2.05) is 49.4 Å². The van der Waals surface area contributed by atoms with Crippen molar-refractivity contribution in [1.82, 2.24) is 4.72 Å². The number of hydrogen-bond acceptors (Lipinski definition) is 5. The molecule has 0 aliphatic rings. The lowest BCUT2D eigenvalue weighted by Gasteiger charge is -2.21. The number of benzene rings is 3. The molecule has 0 radical (unpaired) electrons. The smallest absolute Gasteiger partial charge is 0.242 e. The maximum Gasteiger partial charge on any atom is 0.242 e. The first-order valence-electron chi connectivity index (χ1n) is 10.8. The van der Waals surface area contributed by atoms with Crippen molar-refractivity contribution in [2.75, 3.05) is 19.5 Å². The highest BCUT2D eigenvalue weighted by molar-refractivity contribution is 7.89. The average molecular weight is 483 g/mol.